The van der Waals surface area contributed by atoms with Gasteiger partial charge in [0.25, 0.3) is 0 Å². The first-order valence-corrected chi connectivity index (χ1v) is 7.66. The quantitative estimate of drug-likeness (QED) is 0.692. The largest absolute Gasteiger partial charge is 0.425 e. The fourth-order valence-corrected chi connectivity index (χ4v) is 2.70. The molecule has 0 bridgehead atoms. The third-order valence-corrected chi connectivity index (χ3v) is 4.05. The monoisotopic (exact) mass is 378 g/mol. The van der Waals surface area contributed by atoms with Gasteiger partial charge in [0, 0.05) is 12.3 Å². The predicted octanol–water partition coefficient (Wildman–Crippen LogP) is 3.23. The molecule has 3 rings (SSSR count). The van der Waals surface area contributed by atoms with Crippen molar-refractivity contribution in [1.82, 2.24) is 9.55 Å². The maximum Gasteiger partial charge on any atom is 0.425 e. The average Bonchev–Trinajstić information content (AvgIpc) is 2.81. The number of nitrogens with zero attached hydrogens (tertiary/aromatic N) is 2. The van der Waals surface area contributed by atoms with Crippen LogP contribution in [0.2, 0.25) is 5.02 Å². The van der Waals surface area contributed by atoms with Gasteiger partial charge in [-0.3, -0.25) is 0 Å². The lowest BCUT2D eigenvalue weighted by atomic mass is 10.2. The van der Waals surface area contributed by atoms with Gasteiger partial charge in [-0.25, -0.2) is 18.6 Å². The van der Waals surface area contributed by atoms with Gasteiger partial charge in [-0.1, -0.05) is 11.6 Å². The normalized spacial score (nSPS) is 13.4. The summed E-state index contributed by atoms with van der Waals surface area (Å²) in [7, 11) is 0. The average molecular weight is 379 g/mol. The summed E-state index contributed by atoms with van der Waals surface area (Å²) in [5.74, 6) is -1.19. The SMILES string of the molecule is O=c1oc2cc(S(=O)O)ccc2n1-c1ncc(C(F)(F)F)cc1Cl. The van der Waals surface area contributed by atoms with Crippen molar-refractivity contribution >= 4 is 33.8 Å². The second-order valence-electron chi connectivity index (χ2n) is 4.61. The van der Waals surface area contributed by atoms with Crippen molar-refractivity contribution < 1.29 is 26.4 Å². The van der Waals surface area contributed by atoms with Gasteiger partial charge in [-0.05, 0) is 18.2 Å². The van der Waals surface area contributed by atoms with E-state index in [0.29, 0.717) is 12.3 Å². The molecule has 0 fully saturated rings. The lowest BCUT2D eigenvalue weighted by molar-refractivity contribution is -0.137. The smallest absolute Gasteiger partial charge is 0.407 e. The van der Waals surface area contributed by atoms with Gasteiger partial charge in [-0.15, -0.1) is 0 Å². The number of alkyl halides is 3. The van der Waals surface area contributed by atoms with E-state index < -0.39 is 33.6 Å². The van der Waals surface area contributed by atoms with E-state index in [-0.39, 0.29) is 21.8 Å². The summed E-state index contributed by atoms with van der Waals surface area (Å²) >= 11 is 3.55. The van der Waals surface area contributed by atoms with Crippen molar-refractivity contribution in [3.05, 3.63) is 51.6 Å². The highest BCUT2D eigenvalue weighted by molar-refractivity contribution is 7.79. The number of halogens is 4. The molecule has 126 valence electrons. The van der Waals surface area contributed by atoms with E-state index in [1.165, 1.54) is 18.2 Å². The Morgan fingerprint density at radius 2 is 2.00 bits per heavy atom. The minimum atomic E-state index is -4.63. The summed E-state index contributed by atoms with van der Waals surface area (Å²) in [5.41, 5.74) is -0.948. The third-order valence-electron chi connectivity index (χ3n) is 3.11. The summed E-state index contributed by atoms with van der Waals surface area (Å²) in [6.07, 6.45) is -4.08. The summed E-state index contributed by atoms with van der Waals surface area (Å²) in [4.78, 5) is 15.6. The van der Waals surface area contributed by atoms with E-state index in [1.807, 2.05) is 0 Å². The molecule has 6 nitrogen and oxygen atoms in total. The highest BCUT2D eigenvalue weighted by Crippen LogP contribution is 2.32. The molecule has 2 aromatic heterocycles. The van der Waals surface area contributed by atoms with Crippen molar-refractivity contribution in [2.24, 2.45) is 0 Å². The number of aromatic nitrogens is 2. The number of pyridine rings is 1. The zero-order valence-corrected chi connectivity index (χ0v) is 12.9. The second-order valence-corrected chi connectivity index (χ2v) is 5.99. The fourth-order valence-electron chi connectivity index (χ4n) is 2.06. The number of fused-ring (bicyclic) bond motifs is 1. The molecule has 0 aliphatic carbocycles. The van der Waals surface area contributed by atoms with Crippen LogP contribution >= 0.6 is 11.6 Å². The maximum atomic E-state index is 12.7. The highest BCUT2D eigenvalue weighted by Gasteiger charge is 2.32. The molecular weight excluding hydrogens is 373 g/mol. The standard InChI is InChI=1S/C13H6ClF3N2O4S/c14-8-3-6(13(15,16)17)5-18-11(8)19-9-2-1-7(24(21)22)4-10(9)23-12(19)20/h1-5H,(H,21,22). The molecule has 1 atom stereocenters. The number of hydrogen-bond donors (Lipinski definition) is 1. The van der Waals surface area contributed by atoms with Gasteiger partial charge in [0.15, 0.2) is 22.5 Å². The van der Waals surface area contributed by atoms with Crippen LogP contribution in [0.4, 0.5) is 13.2 Å². The number of benzene rings is 1. The molecule has 0 amide bonds. The zero-order chi connectivity index (χ0) is 17.6. The Kier molecular flexibility index (Phi) is 3.98. The maximum absolute atomic E-state index is 12.7. The van der Waals surface area contributed by atoms with Crippen molar-refractivity contribution in [3.8, 4) is 5.82 Å². The van der Waals surface area contributed by atoms with Gasteiger partial charge in [0.1, 0.15) is 0 Å². The van der Waals surface area contributed by atoms with E-state index in [4.69, 9.17) is 20.6 Å². The molecule has 0 radical (unpaired) electrons. The molecule has 2 heterocycles. The van der Waals surface area contributed by atoms with Gasteiger partial charge in [0.05, 0.1) is 21.0 Å². The molecule has 0 aliphatic heterocycles. The fraction of sp³-hybridized carbons (Fsp3) is 0.0769. The topological polar surface area (TPSA) is 85.3 Å². The van der Waals surface area contributed by atoms with Crippen LogP contribution in [0.15, 0.2) is 44.6 Å². The van der Waals surface area contributed by atoms with Gasteiger partial charge < -0.3 is 8.97 Å². The van der Waals surface area contributed by atoms with Crippen molar-refractivity contribution in [2.75, 3.05) is 0 Å². The van der Waals surface area contributed by atoms with E-state index in [1.54, 1.807) is 0 Å². The Balaban J connectivity index is 2.22. The Morgan fingerprint density at radius 3 is 2.58 bits per heavy atom. The summed E-state index contributed by atoms with van der Waals surface area (Å²) in [5, 5.41) is -0.399. The lowest BCUT2D eigenvalue weighted by Gasteiger charge is -2.09. The first kappa shape index (κ1) is 16.7. The third kappa shape index (κ3) is 2.83. The van der Waals surface area contributed by atoms with Crippen LogP contribution in [0, 0.1) is 0 Å². The molecule has 0 saturated heterocycles. The summed E-state index contributed by atoms with van der Waals surface area (Å²) in [6.45, 7) is 0. The Hall–Kier alpha value is -2.17. The van der Waals surface area contributed by atoms with Gasteiger partial charge in [0.2, 0.25) is 0 Å². The molecular formula is C13H6ClF3N2O4S. The van der Waals surface area contributed by atoms with Crippen molar-refractivity contribution in [3.63, 3.8) is 0 Å². The summed E-state index contributed by atoms with van der Waals surface area (Å²) < 4.78 is 63.9. The minimum Gasteiger partial charge on any atom is -0.407 e. The van der Waals surface area contributed by atoms with Crippen LogP contribution in [0.3, 0.4) is 0 Å². The molecule has 0 saturated carbocycles. The van der Waals surface area contributed by atoms with Crippen molar-refractivity contribution in [1.29, 1.82) is 0 Å². The van der Waals surface area contributed by atoms with Crippen LogP contribution < -0.4 is 5.76 Å². The van der Waals surface area contributed by atoms with E-state index in [2.05, 4.69) is 4.98 Å². The Labute approximate surface area is 138 Å². The predicted molar refractivity (Wildman–Crippen MR) is 78.7 cm³/mol. The Morgan fingerprint density at radius 1 is 1.29 bits per heavy atom. The lowest BCUT2D eigenvalue weighted by Crippen LogP contribution is -2.15. The number of hydrogen-bond acceptors (Lipinski definition) is 4. The zero-order valence-electron chi connectivity index (χ0n) is 11.4. The molecule has 0 spiro atoms. The first-order chi connectivity index (χ1) is 11.2. The molecule has 0 aliphatic rings. The van der Waals surface area contributed by atoms with Crippen LogP contribution in [0.25, 0.3) is 16.9 Å². The molecule has 1 unspecified atom stereocenters. The molecule has 1 aromatic carbocycles. The number of rotatable bonds is 2. The van der Waals surface area contributed by atoms with E-state index in [9.17, 15) is 22.2 Å². The van der Waals surface area contributed by atoms with E-state index >= 15 is 0 Å². The van der Waals surface area contributed by atoms with Crippen LogP contribution in [-0.2, 0) is 17.3 Å². The summed E-state index contributed by atoms with van der Waals surface area (Å²) in [6, 6.07) is 4.38. The van der Waals surface area contributed by atoms with Gasteiger partial charge in [-0.2, -0.15) is 13.2 Å². The second kappa shape index (κ2) is 5.72. The van der Waals surface area contributed by atoms with Gasteiger partial charge >= 0.3 is 11.9 Å². The van der Waals surface area contributed by atoms with Crippen LogP contribution in [0.1, 0.15) is 5.56 Å². The molecule has 3 aromatic rings. The van der Waals surface area contributed by atoms with E-state index in [0.717, 1.165) is 4.57 Å². The molecule has 11 heteroatoms. The Bertz CT molecular complexity index is 1030. The van der Waals surface area contributed by atoms with Crippen LogP contribution in [0.5, 0.6) is 0 Å². The highest BCUT2D eigenvalue weighted by atomic mass is 35.5. The molecule has 1 N–H and O–H groups in total. The number of oxazole rings is 1. The molecule has 24 heavy (non-hydrogen) atoms. The minimum absolute atomic E-state index is 0.00474. The van der Waals surface area contributed by atoms with Crippen LogP contribution in [-0.4, -0.2) is 18.3 Å². The van der Waals surface area contributed by atoms with Crippen molar-refractivity contribution in [2.45, 2.75) is 11.1 Å². The first-order valence-electron chi connectivity index (χ1n) is 6.18.